The predicted molar refractivity (Wildman–Crippen MR) is 94.1 cm³/mol. The molecule has 0 unspecified atom stereocenters. The molecule has 1 aliphatic rings. The first-order valence-electron chi connectivity index (χ1n) is 8.05. The number of pyridine rings is 1. The Bertz CT molecular complexity index is 937. The second-order valence-corrected chi connectivity index (χ2v) is 5.69. The summed E-state index contributed by atoms with van der Waals surface area (Å²) in [5.74, 6) is 2.26. The molecule has 3 aromatic rings. The molecule has 8 nitrogen and oxygen atoms in total. The normalized spacial score (nSPS) is 12.5. The van der Waals surface area contributed by atoms with Crippen LogP contribution in [0, 0.1) is 6.92 Å². The number of hydrogen-bond acceptors (Lipinski definition) is 7. The van der Waals surface area contributed by atoms with Crippen LogP contribution in [0.4, 0.5) is 17.2 Å². The molecule has 2 aromatic heterocycles. The van der Waals surface area contributed by atoms with Crippen LogP contribution < -0.4 is 20.1 Å². The highest BCUT2D eigenvalue weighted by molar-refractivity contribution is 6.03. The van der Waals surface area contributed by atoms with Gasteiger partial charge in [0.25, 0.3) is 5.91 Å². The van der Waals surface area contributed by atoms with E-state index in [2.05, 4.69) is 20.8 Å². The molecule has 0 atom stereocenters. The minimum absolute atomic E-state index is 0.293. The van der Waals surface area contributed by atoms with Gasteiger partial charge in [0.15, 0.2) is 17.3 Å². The molecule has 3 heterocycles. The van der Waals surface area contributed by atoms with Crippen molar-refractivity contribution in [3.63, 3.8) is 0 Å². The summed E-state index contributed by atoms with van der Waals surface area (Å²) < 4.78 is 16.0. The first-order valence-corrected chi connectivity index (χ1v) is 8.05. The summed E-state index contributed by atoms with van der Waals surface area (Å²) in [6, 6.07) is 10.4. The van der Waals surface area contributed by atoms with Gasteiger partial charge in [-0.1, -0.05) is 5.16 Å². The molecule has 0 saturated heterocycles. The molecule has 2 N–H and O–H groups in total. The first-order chi connectivity index (χ1) is 12.7. The molecule has 0 aliphatic carbocycles. The largest absolute Gasteiger partial charge is 0.486 e. The standard InChI is InChI=1S/C18H16N4O4/c1-11-8-17(22-26-11)20-13-2-4-14(19-10-13)18(23)21-12-3-5-15-16(9-12)25-7-6-24-15/h2-5,8-10H,6-7H2,1H3,(H,20,22)(H,21,23). The lowest BCUT2D eigenvalue weighted by atomic mass is 10.2. The van der Waals surface area contributed by atoms with Crippen LogP contribution in [-0.2, 0) is 0 Å². The second-order valence-electron chi connectivity index (χ2n) is 5.69. The Kier molecular flexibility index (Phi) is 4.14. The zero-order chi connectivity index (χ0) is 17.9. The summed E-state index contributed by atoms with van der Waals surface area (Å²) in [6.07, 6.45) is 1.56. The van der Waals surface area contributed by atoms with Gasteiger partial charge in [0.1, 0.15) is 24.7 Å². The van der Waals surface area contributed by atoms with Crippen molar-refractivity contribution in [3.8, 4) is 11.5 Å². The highest BCUT2D eigenvalue weighted by Crippen LogP contribution is 2.32. The van der Waals surface area contributed by atoms with E-state index in [0.29, 0.717) is 53.4 Å². The van der Waals surface area contributed by atoms with Crippen molar-refractivity contribution >= 4 is 23.1 Å². The number of anilines is 3. The maximum Gasteiger partial charge on any atom is 0.274 e. The van der Waals surface area contributed by atoms with E-state index in [1.165, 1.54) is 0 Å². The monoisotopic (exact) mass is 352 g/mol. The maximum absolute atomic E-state index is 12.4. The molecule has 0 fully saturated rings. The van der Waals surface area contributed by atoms with E-state index in [1.807, 2.05) is 6.92 Å². The van der Waals surface area contributed by atoms with E-state index in [9.17, 15) is 4.79 Å². The fraction of sp³-hybridized carbons (Fsp3) is 0.167. The van der Waals surface area contributed by atoms with Crippen LogP contribution in [0.15, 0.2) is 47.1 Å². The molecule has 0 spiro atoms. The van der Waals surface area contributed by atoms with Gasteiger partial charge < -0.3 is 24.6 Å². The predicted octanol–water partition coefficient (Wildman–Crippen LogP) is 3.15. The summed E-state index contributed by atoms with van der Waals surface area (Å²) in [5, 5.41) is 9.69. The zero-order valence-electron chi connectivity index (χ0n) is 14.0. The lowest BCUT2D eigenvalue weighted by Crippen LogP contribution is -2.17. The zero-order valence-corrected chi connectivity index (χ0v) is 14.0. The lowest BCUT2D eigenvalue weighted by molar-refractivity contribution is 0.102. The van der Waals surface area contributed by atoms with Crippen LogP contribution in [0.2, 0.25) is 0 Å². The Morgan fingerprint density at radius 2 is 1.85 bits per heavy atom. The lowest BCUT2D eigenvalue weighted by Gasteiger charge is -2.18. The fourth-order valence-corrected chi connectivity index (χ4v) is 2.49. The van der Waals surface area contributed by atoms with E-state index < -0.39 is 0 Å². The number of aryl methyl sites for hydroxylation is 1. The third-order valence-corrected chi connectivity index (χ3v) is 3.70. The third kappa shape index (κ3) is 3.44. The summed E-state index contributed by atoms with van der Waals surface area (Å²) >= 11 is 0. The molecule has 1 aliphatic heterocycles. The topological polar surface area (TPSA) is 98.5 Å². The summed E-state index contributed by atoms with van der Waals surface area (Å²) in [4.78, 5) is 16.5. The number of rotatable bonds is 4. The number of nitrogens with one attached hydrogen (secondary N) is 2. The number of carbonyl (C=O) groups is 1. The van der Waals surface area contributed by atoms with E-state index in [4.69, 9.17) is 14.0 Å². The van der Waals surface area contributed by atoms with Crippen molar-refractivity contribution in [2.45, 2.75) is 6.92 Å². The molecule has 1 aromatic carbocycles. The van der Waals surface area contributed by atoms with Crippen molar-refractivity contribution in [1.82, 2.24) is 10.1 Å². The van der Waals surface area contributed by atoms with Gasteiger partial charge in [0, 0.05) is 17.8 Å². The maximum atomic E-state index is 12.4. The van der Waals surface area contributed by atoms with E-state index in [0.717, 1.165) is 0 Å². The smallest absolute Gasteiger partial charge is 0.274 e. The van der Waals surface area contributed by atoms with Crippen molar-refractivity contribution in [3.05, 3.63) is 54.0 Å². The van der Waals surface area contributed by atoms with Crippen molar-refractivity contribution < 1.29 is 18.8 Å². The molecule has 4 rings (SSSR count). The van der Waals surface area contributed by atoms with Crippen LogP contribution in [0.3, 0.4) is 0 Å². The molecule has 8 heteroatoms. The molecule has 1 amide bonds. The molecular formula is C18H16N4O4. The van der Waals surface area contributed by atoms with Crippen molar-refractivity contribution in [2.24, 2.45) is 0 Å². The van der Waals surface area contributed by atoms with Crippen molar-refractivity contribution in [2.75, 3.05) is 23.8 Å². The average molecular weight is 352 g/mol. The van der Waals surface area contributed by atoms with Crippen molar-refractivity contribution in [1.29, 1.82) is 0 Å². The minimum atomic E-state index is -0.314. The van der Waals surface area contributed by atoms with Gasteiger partial charge in [-0.2, -0.15) is 0 Å². The number of amides is 1. The van der Waals surface area contributed by atoms with E-state index >= 15 is 0 Å². The molecular weight excluding hydrogens is 336 g/mol. The van der Waals surface area contributed by atoms with Crippen LogP contribution in [0.25, 0.3) is 0 Å². The SMILES string of the molecule is Cc1cc(Nc2ccc(C(=O)Nc3ccc4c(c3)OCCO4)nc2)no1. The quantitative estimate of drug-likeness (QED) is 0.744. The Hall–Kier alpha value is -3.55. The number of carbonyl (C=O) groups excluding carboxylic acids is 1. The Labute approximate surface area is 149 Å². The number of ether oxygens (including phenoxy) is 2. The highest BCUT2D eigenvalue weighted by Gasteiger charge is 2.14. The van der Waals surface area contributed by atoms with Gasteiger partial charge in [0.05, 0.1) is 11.9 Å². The minimum Gasteiger partial charge on any atom is -0.486 e. The molecule has 0 bridgehead atoms. The van der Waals surface area contributed by atoms with Crippen LogP contribution in [-0.4, -0.2) is 29.3 Å². The van der Waals surface area contributed by atoms with Crippen LogP contribution >= 0.6 is 0 Å². The van der Waals surface area contributed by atoms with E-state index in [-0.39, 0.29) is 5.91 Å². The fourth-order valence-electron chi connectivity index (χ4n) is 2.49. The number of aromatic nitrogens is 2. The summed E-state index contributed by atoms with van der Waals surface area (Å²) in [6.45, 7) is 2.82. The Morgan fingerprint density at radius 3 is 2.58 bits per heavy atom. The molecule has 0 saturated carbocycles. The summed E-state index contributed by atoms with van der Waals surface area (Å²) in [7, 11) is 0. The van der Waals surface area contributed by atoms with E-state index in [1.54, 1.807) is 42.6 Å². The molecule has 0 radical (unpaired) electrons. The highest BCUT2D eigenvalue weighted by atomic mass is 16.6. The summed E-state index contributed by atoms with van der Waals surface area (Å²) in [5.41, 5.74) is 1.61. The van der Waals surface area contributed by atoms with Gasteiger partial charge in [-0.3, -0.25) is 4.79 Å². The number of fused-ring (bicyclic) bond motifs is 1. The molecule has 26 heavy (non-hydrogen) atoms. The van der Waals surface area contributed by atoms with Crippen LogP contribution in [0.1, 0.15) is 16.2 Å². The van der Waals surface area contributed by atoms with Gasteiger partial charge >= 0.3 is 0 Å². The Morgan fingerprint density at radius 1 is 1.04 bits per heavy atom. The number of hydrogen-bond donors (Lipinski definition) is 2. The average Bonchev–Trinajstić information content (AvgIpc) is 3.07. The van der Waals surface area contributed by atoms with Gasteiger partial charge in [-0.25, -0.2) is 4.98 Å². The van der Waals surface area contributed by atoms with Gasteiger partial charge in [0.2, 0.25) is 0 Å². The Balaban J connectivity index is 1.43. The molecule has 132 valence electrons. The first kappa shape index (κ1) is 15.9. The van der Waals surface area contributed by atoms with Gasteiger partial charge in [-0.05, 0) is 31.2 Å². The third-order valence-electron chi connectivity index (χ3n) is 3.70. The number of benzene rings is 1. The van der Waals surface area contributed by atoms with Gasteiger partial charge in [-0.15, -0.1) is 0 Å². The van der Waals surface area contributed by atoms with Crippen LogP contribution in [0.5, 0.6) is 11.5 Å². The number of nitrogens with zero attached hydrogens (tertiary/aromatic N) is 2. The second kappa shape index (κ2) is 6.75.